The van der Waals surface area contributed by atoms with Crippen LogP contribution in [0.4, 0.5) is 11.4 Å². The van der Waals surface area contributed by atoms with Crippen LogP contribution in [0, 0.1) is 0 Å². The first-order valence-electron chi connectivity index (χ1n) is 4.78. The third-order valence-electron chi connectivity index (χ3n) is 2.18. The molecule has 0 aliphatic rings. The van der Waals surface area contributed by atoms with Crippen LogP contribution in [0.15, 0.2) is 54.6 Å². The molecule has 0 heterocycles. The summed E-state index contributed by atoms with van der Waals surface area (Å²) < 4.78 is 0. The first-order chi connectivity index (χ1) is 7.81. The molecule has 0 aliphatic carbocycles. The van der Waals surface area contributed by atoms with Gasteiger partial charge in [0, 0.05) is 5.02 Å². The SMILES string of the molecule is ClNN(c1ccccc1)c1ccc(Cl)cc1. The summed E-state index contributed by atoms with van der Waals surface area (Å²) in [6.45, 7) is 0. The Kier molecular flexibility index (Phi) is 3.67. The summed E-state index contributed by atoms with van der Waals surface area (Å²) in [4.78, 5) is 2.62. The summed E-state index contributed by atoms with van der Waals surface area (Å²) in [5.74, 6) is 0. The molecule has 0 amide bonds. The number of benzene rings is 2. The van der Waals surface area contributed by atoms with Crippen molar-refractivity contribution in [3.05, 3.63) is 59.6 Å². The minimum atomic E-state index is 0.700. The lowest BCUT2D eigenvalue weighted by Gasteiger charge is -2.21. The van der Waals surface area contributed by atoms with Gasteiger partial charge in [0.15, 0.2) is 0 Å². The molecule has 0 atom stereocenters. The van der Waals surface area contributed by atoms with E-state index in [-0.39, 0.29) is 0 Å². The van der Waals surface area contributed by atoms with Crippen molar-refractivity contribution in [2.45, 2.75) is 0 Å². The lowest BCUT2D eigenvalue weighted by atomic mass is 10.2. The molecule has 2 nitrogen and oxygen atoms in total. The van der Waals surface area contributed by atoms with Gasteiger partial charge in [-0.15, -0.1) is 4.94 Å². The molecule has 0 radical (unpaired) electrons. The van der Waals surface area contributed by atoms with E-state index in [1.165, 1.54) is 0 Å². The van der Waals surface area contributed by atoms with Crippen LogP contribution in [0.1, 0.15) is 0 Å². The maximum absolute atomic E-state index is 5.83. The Balaban J connectivity index is 2.33. The highest BCUT2D eigenvalue weighted by Crippen LogP contribution is 2.24. The van der Waals surface area contributed by atoms with E-state index in [4.69, 9.17) is 23.4 Å². The summed E-state index contributed by atoms with van der Waals surface area (Å²) in [6, 6.07) is 17.2. The quantitative estimate of drug-likeness (QED) is 0.653. The van der Waals surface area contributed by atoms with Crippen LogP contribution in [-0.2, 0) is 0 Å². The van der Waals surface area contributed by atoms with Crippen molar-refractivity contribution in [2.24, 2.45) is 0 Å². The molecular weight excluding hydrogens is 243 g/mol. The zero-order chi connectivity index (χ0) is 11.4. The number of rotatable bonds is 3. The van der Waals surface area contributed by atoms with Gasteiger partial charge in [0.05, 0.1) is 11.4 Å². The smallest absolute Gasteiger partial charge is 0.0591 e. The molecule has 0 aliphatic heterocycles. The molecule has 4 heteroatoms. The molecule has 0 bridgehead atoms. The minimum Gasteiger partial charge on any atom is -0.263 e. The van der Waals surface area contributed by atoms with Crippen LogP contribution in [-0.4, -0.2) is 0 Å². The van der Waals surface area contributed by atoms with Gasteiger partial charge in [-0.1, -0.05) is 29.8 Å². The first-order valence-corrected chi connectivity index (χ1v) is 5.54. The lowest BCUT2D eigenvalue weighted by Crippen LogP contribution is -2.25. The van der Waals surface area contributed by atoms with Gasteiger partial charge in [0.1, 0.15) is 0 Å². The highest BCUT2D eigenvalue weighted by Gasteiger charge is 2.06. The van der Waals surface area contributed by atoms with E-state index in [2.05, 4.69) is 4.94 Å². The molecule has 0 aromatic heterocycles. The standard InChI is InChI=1S/C12H10Cl2N2/c13-10-6-8-12(9-7-10)16(15-14)11-4-2-1-3-5-11/h1-9,15H. The number of hydrogen-bond acceptors (Lipinski definition) is 2. The van der Waals surface area contributed by atoms with Crippen LogP contribution < -0.4 is 9.95 Å². The molecule has 82 valence electrons. The van der Waals surface area contributed by atoms with Gasteiger partial charge in [-0.25, -0.2) is 0 Å². The van der Waals surface area contributed by atoms with E-state index in [1.807, 2.05) is 54.6 Å². The van der Waals surface area contributed by atoms with Gasteiger partial charge in [0.25, 0.3) is 0 Å². The first kappa shape index (κ1) is 11.3. The monoisotopic (exact) mass is 252 g/mol. The average Bonchev–Trinajstić information content (AvgIpc) is 2.34. The number of para-hydroxylation sites is 1. The van der Waals surface area contributed by atoms with Crippen molar-refractivity contribution >= 4 is 34.8 Å². The zero-order valence-electron chi connectivity index (χ0n) is 8.40. The number of halogens is 2. The molecular formula is C12H10Cl2N2. The maximum Gasteiger partial charge on any atom is 0.0591 e. The van der Waals surface area contributed by atoms with Crippen molar-refractivity contribution < 1.29 is 0 Å². The molecule has 2 rings (SSSR count). The Morgan fingerprint density at radius 2 is 1.38 bits per heavy atom. The Hall–Kier alpha value is -1.22. The van der Waals surface area contributed by atoms with Crippen molar-refractivity contribution in [3.63, 3.8) is 0 Å². The molecule has 0 saturated carbocycles. The summed E-state index contributed by atoms with van der Waals surface area (Å²) in [6.07, 6.45) is 0. The molecule has 16 heavy (non-hydrogen) atoms. The minimum absolute atomic E-state index is 0.700. The molecule has 2 aromatic rings. The van der Waals surface area contributed by atoms with Crippen LogP contribution in [0.3, 0.4) is 0 Å². The topological polar surface area (TPSA) is 15.3 Å². The average molecular weight is 253 g/mol. The highest BCUT2D eigenvalue weighted by molar-refractivity contribution is 6.30. The third-order valence-corrected chi connectivity index (χ3v) is 2.60. The lowest BCUT2D eigenvalue weighted by molar-refractivity contribution is 0.981. The summed E-state index contributed by atoms with van der Waals surface area (Å²) in [5.41, 5.74) is 1.88. The van der Waals surface area contributed by atoms with Gasteiger partial charge in [-0.3, -0.25) is 5.01 Å². The zero-order valence-corrected chi connectivity index (χ0v) is 9.91. The predicted octanol–water partition coefficient (Wildman–Crippen LogP) is 4.14. The molecule has 0 fully saturated rings. The second-order valence-corrected chi connectivity index (χ2v) is 3.84. The van der Waals surface area contributed by atoms with E-state index in [1.54, 1.807) is 5.01 Å². The fourth-order valence-corrected chi connectivity index (χ4v) is 1.74. The summed E-state index contributed by atoms with van der Waals surface area (Å²) in [7, 11) is 0. The normalized spacial score (nSPS) is 10.1. The molecule has 0 spiro atoms. The second-order valence-electron chi connectivity index (χ2n) is 3.23. The largest absolute Gasteiger partial charge is 0.263 e. The summed E-state index contributed by atoms with van der Waals surface area (Å²) in [5, 5.41) is 2.46. The van der Waals surface area contributed by atoms with Gasteiger partial charge in [0.2, 0.25) is 0 Å². The number of nitrogens with one attached hydrogen (secondary N) is 1. The van der Waals surface area contributed by atoms with Crippen LogP contribution in [0.2, 0.25) is 5.02 Å². The van der Waals surface area contributed by atoms with Gasteiger partial charge in [-0.2, -0.15) is 0 Å². The number of nitrogens with zero attached hydrogens (tertiary/aromatic N) is 1. The van der Waals surface area contributed by atoms with Crippen LogP contribution in [0.5, 0.6) is 0 Å². The fraction of sp³-hybridized carbons (Fsp3) is 0. The fourth-order valence-electron chi connectivity index (χ4n) is 1.41. The van der Waals surface area contributed by atoms with Crippen LogP contribution >= 0.6 is 23.4 Å². The number of hydrogen-bond donors (Lipinski definition) is 1. The van der Waals surface area contributed by atoms with Gasteiger partial charge in [-0.05, 0) is 48.2 Å². The van der Waals surface area contributed by atoms with Crippen LogP contribution in [0.25, 0.3) is 0 Å². The number of hydrazine groups is 1. The highest BCUT2D eigenvalue weighted by atomic mass is 35.5. The molecule has 2 aromatic carbocycles. The van der Waals surface area contributed by atoms with E-state index >= 15 is 0 Å². The predicted molar refractivity (Wildman–Crippen MR) is 69.0 cm³/mol. The molecule has 1 N–H and O–H groups in total. The van der Waals surface area contributed by atoms with E-state index in [0.29, 0.717) is 5.02 Å². The summed E-state index contributed by atoms with van der Waals surface area (Å²) >= 11 is 11.6. The number of anilines is 2. The van der Waals surface area contributed by atoms with Crippen molar-refractivity contribution in [3.8, 4) is 0 Å². The Bertz CT molecular complexity index is 442. The van der Waals surface area contributed by atoms with Crippen molar-refractivity contribution in [1.82, 2.24) is 4.94 Å². The van der Waals surface area contributed by atoms with E-state index < -0.39 is 0 Å². The van der Waals surface area contributed by atoms with Crippen molar-refractivity contribution in [2.75, 3.05) is 5.01 Å². The Labute approximate surface area is 104 Å². The maximum atomic E-state index is 5.83. The van der Waals surface area contributed by atoms with Gasteiger partial charge < -0.3 is 0 Å². The van der Waals surface area contributed by atoms with Gasteiger partial charge >= 0.3 is 0 Å². The molecule has 0 saturated heterocycles. The Morgan fingerprint density at radius 3 is 1.94 bits per heavy atom. The van der Waals surface area contributed by atoms with E-state index in [9.17, 15) is 0 Å². The van der Waals surface area contributed by atoms with E-state index in [0.717, 1.165) is 11.4 Å². The second kappa shape index (κ2) is 5.21. The Morgan fingerprint density at radius 1 is 0.812 bits per heavy atom. The third kappa shape index (κ3) is 2.47. The molecule has 0 unspecified atom stereocenters. The van der Waals surface area contributed by atoms with Crippen molar-refractivity contribution in [1.29, 1.82) is 0 Å².